The van der Waals surface area contributed by atoms with E-state index in [9.17, 15) is 34.5 Å². The fourth-order valence-electron chi connectivity index (χ4n) is 4.41. The zero-order valence-electron chi connectivity index (χ0n) is 23.5. The van der Waals surface area contributed by atoms with Gasteiger partial charge >= 0.3 is 17.9 Å². The van der Waals surface area contributed by atoms with Gasteiger partial charge in [-0.3, -0.25) is 19.2 Å². The number of halogens is 3. The van der Waals surface area contributed by atoms with Gasteiger partial charge in [-0.2, -0.15) is 0 Å². The molecule has 2 saturated heterocycles. The minimum atomic E-state index is -2.50. The van der Waals surface area contributed by atoms with Crippen molar-refractivity contribution < 1.29 is 62.9 Å². The number of rotatable bonds is 10. The molecule has 10 atom stereocenters. The normalized spacial score (nSPS) is 32.3. The molecule has 0 aliphatic carbocycles. The molecule has 0 unspecified atom stereocenters. The van der Waals surface area contributed by atoms with Crippen molar-refractivity contribution in [1.82, 2.24) is 5.32 Å². The van der Waals surface area contributed by atoms with Gasteiger partial charge in [0.15, 0.2) is 18.5 Å². The van der Waals surface area contributed by atoms with Gasteiger partial charge in [0.1, 0.15) is 48.6 Å². The molecule has 0 aromatic heterocycles. The first kappa shape index (κ1) is 36.5. The smallest absolute Gasteiger partial charge is 0.303 e. The molecular formula is C26H32Cl3NO13S. The third kappa shape index (κ3) is 10.0. The maximum Gasteiger partial charge on any atom is 0.303 e. The molecule has 18 heteroatoms. The van der Waals surface area contributed by atoms with Gasteiger partial charge in [0.2, 0.25) is 0 Å². The average molecular weight is 705 g/mol. The number of aliphatic hydroxyl groups is 3. The van der Waals surface area contributed by atoms with Gasteiger partial charge in [0.05, 0.1) is 6.61 Å². The third-order valence-electron chi connectivity index (χ3n) is 6.35. The van der Waals surface area contributed by atoms with Crippen molar-refractivity contribution in [3.8, 4) is 0 Å². The summed E-state index contributed by atoms with van der Waals surface area (Å²) in [6, 6.07) is 7.34. The molecule has 2 fully saturated rings. The van der Waals surface area contributed by atoms with Crippen LogP contribution < -0.4 is 5.32 Å². The summed E-state index contributed by atoms with van der Waals surface area (Å²) >= 11 is 18.3. The van der Waals surface area contributed by atoms with Crippen LogP contribution in [-0.2, 0) is 47.6 Å². The highest BCUT2D eigenvalue weighted by molar-refractivity contribution is 7.99. The first-order valence-corrected chi connectivity index (χ1v) is 15.1. The highest BCUT2D eigenvalue weighted by Crippen LogP contribution is 2.35. The summed E-state index contributed by atoms with van der Waals surface area (Å²) in [7, 11) is 0. The molecule has 44 heavy (non-hydrogen) atoms. The quantitative estimate of drug-likeness (QED) is 0.150. The van der Waals surface area contributed by atoms with Crippen LogP contribution in [0.25, 0.3) is 0 Å². The molecule has 0 saturated carbocycles. The van der Waals surface area contributed by atoms with Gasteiger partial charge in [-0.1, -0.05) is 64.8 Å². The third-order valence-corrected chi connectivity index (χ3v) is 8.03. The zero-order chi connectivity index (χ0) is 32.8. The lowest BCUT2D eigenvalue weighted by molar-refractivity contribution is -0.290. The fraction of sp³-hybridized carbons (Fsp3) is 0.615. The Morgan fingerprint density at radius 1 is 0.841 bits per heavy atom. The predicted molar refractivity (Wildman–Crippen MR) is 154 cm³/mol. The van der Waals surface area contributed by atoms with E-state index >= 15 is 0 Å². The maximum atomic E-state index is 12.7. The number of hydrogen-bond donors (Lipinski definition) is 4. The number of esters is 3. The van der Waals surface area contributed by atoms with E-state index in [4.69, 9.17) is 63.2 Å². The van der Waals surface area contributed by atoms with E-state index in [0.717, 1.165) is 32.5 Å². The lowest BCUT2D eigenvalue weighted by Crippen LogP contribution is -2.68. The topological polar surface area (TPSA) is 196 Å². The number of benzene rings is 1. The molecule has 0 spiro atoms. The van der Waals surface area contributed by atoms with Crippen molar-refractivity contribution in [2.24, 2.45) is 0 Å². The molecule has 0 radical (unpaired) electrons. The van der Waals surface area contributed by atoms with Gasteiger partial charge in [0, 0.05) is 25.7 Å². The minimum Gasteiger partial charge on any atom is -0.463 e. The van der Waals surface area contributed by atoms with E-state index in [-0.39, 0.29) is 0 Å². The summed E-state index contributed by atoms with van der Waals surface area (Å²) in [5, 5.41) is 34.1. The van der Waals surface area contributed by atoms with Crippen LogP contribution >= 0.6 is 46.6 Å². The standard InChI is InChI=1S/C26H32Cl3NO13S/c1-11(31)38-10-16-21(40-12(2)32)22(41-13(3)33)17(30-25(37)26(27,28)29)23(42-16)39-9-15-18(34)19(35)20(36)24(43-15)44-14-7-5-4-6-8-14/h4-8,15-24,34-36H,9-10H2,1-3H3,(H,30,37)/t15-,16-,17-,18+,19+,20-,21-,22-,23-,24+/m1/s1. The Hall–Kier alpha value is -1.92. The van der Waals surface area contributed by atoms with Gasteiger partial charge in [-0.25, -0.2) is 0 Å². The first-order valence-electron chi connectivity index (χ1n) is 13.1. The number of thioether (sulfide) groups is 1. The van der Waals surface area contributed by atoms with Gasteiger partial charge in [-0.15, -0.1) is 0 Å². The Bertz CT molecular complexity index is 1160. The first-order chi connectivity index (χ1) is 20.6. The molecule has 3 rings (SSSR count). The Kier molecular flexibility index (Phi) is 13.3. The number of ether oxygens (including phenoxy) is 6. The van der Waals surface area contributed by atoms with Crippen molar-refractivity contribution in [1.29, 1.82) is 0 Å². The van der Waals surface area contributed by atoms with E-state index in [0.29, 0.717) is 4.90 Å². The summed E-state index contributed by atoms with van der Waals surface area (Å²) in [5.41, 5.74) is -1.03. The van der Waals surface area contributed by atoms with Crippen LogP contribution in [0.15, 0.2) is 35.2 Å². The van der Waals surface area contributed by atoms with Crippen LogP contribution in [0.3, 0.4) is 0 Å². The van der Waals surface area contributed by atoms with E-state index in [1.54, 1.807) is 30.3 Å². The van der Waals surface area contributed by atoms with Gasteiger partial charge < -0.3 is 49.1 Å². The van der Waals surface area contributed by atoms with Crippen LogP contribution in [0.1, 0.15) is 20.8 Å². The fourth-order valence-corrected chi connectivity index (χ4v) is 5.65. The summed E-state index contributed by atoms with van der Waals surface area (Å²) in [6.07, 6.45) is -11.9. The summed E-state index contributed by atoms with van der Waals surface area (Å²) < 4.78 is 31.0. The van der Waals surface area contributed by atoms with Crippen LogP contribution in [0.4, 0.5) is 0 Å². The monoisotopic (exact) mass is 703 g/mol. The van der Waals surface area contributed by atoms with Gasteiger partial charge in [0.25, 0.3) is 9.70 Å². The number of amides is 1. The van der Waals surface area contributed by atoms with Crippen LogP contribution in [0, 0.1) is 0 Å². The van der Waals surface area contributed by atoms with E-state index in [1.165, 1.54) is 0 Å². The SMILES string of the molecule is CC(=O)OC[C@H]1O[C@@H](OC[C@H]2O[C@@H](Sc3ccccc3)[C@H](O)[C@@H](O)[C@H]2O)[C@H](NC(=O)C(Cl)(Cl)Cl)[C@@H](OC(C)=O)[C@@H]1OC(C)=O. The Labute approximate surface area is 271 Å². The van der Waals surface area contributed by atoms with Crippen molar-refractivity contribution in [3.63, 3.8) is 0 Å². The van der Waals surface area contributed by atoms with Crippen LogP contribution in [-0.4, -0.2) is 117 Å². The molecule has 4 N–H and O–H groups in total. The molecule has 0 bridgehead atoms. The molecule has 2 heterocycles. The minimum absolute atomic E-state index is 0.501. The Balaban J connectivity index is 1.91. The van der Waals surface area contributed by atoms with Crippen molar-refractivity contribution in [2.75, 3.05) is 13.2 Å². The lowest BCUT2D eigenvalue weighted by Gasteiger charge is -2.46. The van der Waals surface area contributed by atoms with Crippen molar-refractivity contribution >= 4 is 70.4 Å². The van der Waals surface area contributed by atoms with E-state index < -0.39 is 101 Å². The number of carbonyl (C=O) groups is 4. The largest absolute Gasteiger partial charge is 0.463 e. The second kappa shape index (κ2) is 16.1. The number of aliphatic hydroxyl groups excluding tert-OH is 3. The van der Waals surface area contributed by atoms with Crippen LogP contribution in [0.5, 0.6) is 0 Å². The summed E-state index contributed by atoms with van der Waals surface area (Å²) in [4.78, 5) is 49.1. The zero-order valence-corrected chi connectivity index (χ0v) is 26.6. The average Bonchev–Trinajstić information content (AvgIpc) is 2.93. The molecule has 1 amide bonds. The molecule has 246 valence electrons. The highest BCUT2D eigenvalue weighted by atomic mass is 35.6. The summed E-state index contributed by atoms with van der Waals surface area (Å²) in [6.45, 7) is 2.22. The maximum absolute atomic E-state index is 12.7. The number of hydrogen-bond acceptors (Lipinski definition) is 14. The van der Waals surface area contributed by atoms with E-state index in [1.807, 2.05) is 0 Å². The van der Waals surface area contributed by atoms with Crippen molar-refractivity contribution in [2.45, 2.75) is 90.0 Å². The molecular weight excluding hydrogens is 673 g/mol. The highest BCUT2D eigenvalue weighted by Gasteiger charge is 2.53. The van der Waals surface area contributed by atoms with E-state index in [2.05, 4.69) is 5.32 Å². The molecule has 2 aliphatic rings. The number of nitrogens with one attached hydrogen (secondary N) is 1. The second-order valence-electron chi connectivity index (χ2n) is 9.77. The Morgan fingerprint density at radius 3 is 2.02 bits per heavy atom. The predicted octanol–water partition coefficient (Wildman–Crippen LogP) is 0.609. The Morgan fingerprint density at radius 2 is 1.45 bits per heavy atom. The number of alkyl halides is 3. The number of carbonyl (C=O) groups excluding carboxylic acids is 4. The van der Waals surface area contributed by atoms with Crippen LogP contribution in [0.2, 0.25) is 0 Å². The molecule has 1 aromatic rings. The lowest BCUT2D eigenvalue weighted by atomic mass is 9.95. The van der Waals surface area contributed by atoms with Crippen molar-refractivity contribution in [3.05, 3.63) is 30.3 Å². The molecule has 2 aliphatic heterocycles. The second-order valence-corrected chi connectivity index (χ2v) is 13.2. The summed E-state index contributed by atoms with van der Waals surface area (Å²) in [5.74, 6) is -3.59. The molecule has 1 aromatic carbocycles. The molecule has 14 nitrogen and oxygen atoms in total. The van der Waals surface area contributed by atoms with Gasteiger partial charge in [-0.05, 0) is 12.1 Å².